The highest BCUT2D eigenvalue weighted by atomic mass is 16.5. The number of nitrogens with zero attached hydrogens (tertiary/aromatic N) is 1. The number of carbonyl (C=O) groups is 1. The fourth-order valence-electron chi connectivity index (χ4n) is 1.66. The maximum absolute atomic E-state index is 10.8. The highest BCUT2D eigenvalue weighted by Gasteiger charge is 2.16. The van der Waals surface area contributed by atoms with Gasteiger partial charge in [0.15, 0.2) is 0 Å². The Balaban J connectivity index is 1.93. The van der Waals surface area contributed by atoms with Crippen LogP contribution in [0.4, 0.5) is 0 Å². The van der Waals surface area contributed by atoms with Gasteiger partial charge < -0.3 is 14.3 Å². The lowest BCUT2D eigenvalue weighted by molar-refractivity contribution is -0.117. The zero-order valence-corrected chi connectivity index (χ0v) is 12.3. The lowest BCUT2D eigenvalue weighted by Crippen LogP contribution is -2.20. The third-order valence-electron chi connectivity index (χ3n) is 2.79. The first-order valence-electron chi connectivity index (χ1n) is 6.82. The quantitative estimate of drug-likeness (QED) is 0.729. The Bertz CT molecular complexity index is 582. The normalized spacial score (nSPS) is 11.1. The molecule has 0 aliphatic heterocycles. The molecule has 0 unspecified atom stereocenters. The number of para-hydroxylation sites is 1. The second-order valence-corrected chi connectivity index (χ2v) is 5.48. The Morgan fingerprint density at radius 2 is 1.86 bits per heavy atom. The van der Waals surface area contributed by atoms with Crippen molar-refractivity contribution in [1.82, 2.24) is 4.98 Å². The van der Waals surface area contributed by atoms with Crippen molar-refractivity contribution in [3.63, 3.8) is 0 Å². The minimum absolute atomic E-state index is 0.350. The van der Waals surface area contributed by atoms with E-state index in [-0.39, 0.29) is 0 Å². The Kier molecular flexibility index (Phi) is 5.06. The molecule has 0 fully saturated rings. The first-order valence-corrected chi connectivity index (χ1v) is 6.82. The van der Waals surface area contributed by atoms with E-state index in [9.17, 15) is 4.79 Å². The fourth-order valence-corrected chi connectivity index (χ4v) is 1.66. The van der Waals surface area contributed by atoms with Gasteiger partial charge in [0.25, 0.3) is 0 Å². The van der Waals surface area contributed by atoms with Crippen LogP contribution in [0, 0.1) is 5.41 Å². The van der Waals surface area contributed by atoms with E-state index in [1.54, 1.807) is 6.07 Å². The number of hydrogen-bond acceptors (Lipinski definition) is 4. The molecule has 0 amide bonds. The van der Waals surface area contributed by atoms with Gasteiger partial charge in [-0.15, -0.1) is 0 Å². The molecular formula is C17H19NO3. The molecule has 1 heterocycles. The minimum atomic E-state index is -0.474. The average Bonchev–Trinajstić information content (AvgIpc) is 2.48. The van der Waals surface area contributed by atoms with Gasteiger partial charge in [0, 0.05) is 11.5 Å². The lowest BCUT2D eigenvalue weighted by atomic mass is 9.98. The predicted molar refractivity (Wildman–Crippen MR) is 80.3 cm³/mol. The smallest absolute Gasteiger partial charge is 0.219 e. The third-order valence-corrected chi connectivity index (χ3v) is 2.79. The van der Waals surface area contributed by atoms with Gasteiger partial charge in [-0.3, -0.25) is 0 Å². The van der Waals surface area contributed by atoms with Gasteiger partial charge in [-0.2, -0.15) is 0 Å². The minimum Gasteiger partial charge on any atom is -0.439 e. The number of aromatic nitrogens is 1. The highest BCUT2D eigenvalue weighted by Crippen LogP contribution is 2.19. The van der Waals surface area contributed by atoms with E-state index < -0.39 is 5.41 Å². The van der Waals surface area contributed by atoms with Crippen molar-refractivity contribution in [3.8, 4) is 11.6 Å². The van der Waals surface area contributed by atoms with Crippen molar-refractivity contribution < 1.29 is 14.3 Å². The van der Waals surface area contributed by atoms with Gasteiger partial charge in [-0.1, -0.05) is 38.1 Å². The monoisotopic (exact) mass is 285 g/mol. The van der Waals surface area contributed by atoms with Crippen molar-refractivity contribution in [1.29, 1.82) is 0 Å². The number of aldehydes is 1. The van der Waals surface area contributed by atoms with Crippen LogP contribution in [0.2, 0.25) is 0 Å². The van der Waals surface area contributed by atoms with E-state index in [0.717, 1.165) is 17.7 Å². The summed E-state index contributed by atoms with van der Waals surface area (Å²) in [6, 6.07) is 15.0. The summed E-state index contributed by atoms with van der Waals surface area (Å²) in [5.41, 5.74) is 0.295. The van der Waals surface area contributed by atoms with Crippen LogP contribution in [0.15, 0.2) is 48.5 Å². The number of rotatable bonds is 7. The van der Waals surface area contributed by atoms with Crippen molar-refractivity contribution >= 4 is 6.29 Å². The maximum atomic E-state index is 10.8. The summed E-state index contributed by atoms with van der Waals surface area (Å²) < 4.78 is 11.2. The number of carbonyl (C=O) groups excluding carboxylic acids is 1. The molecule has 0 radical (unpaired) electrons. The van der Waals surface area contributed by atoms with Crippen LogP contribution in [-0.4, -0.2) is 17.9 Å². The molecule has 0 aliphatic carbocycles. The van der Waals surface area contributed by atoms with Gasteiger partial charge in [0.2, 0.25) is 5.88 Å². The Morgan fingerprint density at radius 3 is 2.57 bits per heavy atom. The standard InChI is InChI=1S/C17H19NO3/c1-17(2,12-19)13-20-11-14-7-6-10-16(18-14)21-15-8-4-3-5-9-15/h3-10,12H,11,13H2,1-2H3. The number of pyridine rings is 1. The fraction of sp³-hybridized carbons (Fsp3) is 0.294. The summed E-state index contributed by atoms with van der Waals surface area (Å²) >= 11 is 0. The number of ether oxygens (including phenoxy) is 2. The van der Waals surface area contributed by atoms with Crippen LogP contribution in [0.3, 0.4) is 0 Å². The highest BCUT2D eigenvalue weighted by molar-refractivity contribution is 5.57. The average molecular weight is 285 g/mol. The first-order chi connectivity index (χ1) is 10.1. The van der Waals surface area contributed by atoms with Crippen LogP contribution < -0.4 is 4.74 Å². The molecule has 2 rings (SSSR count). The van der Waals surface area contributed by atoms with E-state index in [2.05, 4.69) is 4.98 Å². The van der Waals surface area contributed by atoms with Crippen LogP contribution in [0.25, 0.3) is 0 Å². The third kappa shape index (κ3) is 5.00. The Morgan fingerprint density at radius 1 is 1.10 bits per heavy atom. The predicted octanol–water partition coefficient (Wildman–Crippen LogP) is 3.62. The van der Waals surface area contributed by atoms with Crippen LogP contribution in [0.1, 0.15) is 19.5 Å². The SMILES string of the molecule is CC(C)(C=O)COCc1cccc(Oc2ccccc2)n1. The molecule has 2 aromatic rings. The molecule has 0 spiro atoms. The maximum Gasteiger partial charge on any atom is 0.219 e. The lowest BCUT2D eigenvalue weighted by Gasteiger charge is -2.16. The van der Waals surface area contributed by atoms with E-state index in [4.69, 9.17) is 9.47 Å². The molecule has 4 heteroatoms. The molecule has 0 aliphatic rings. The zero-order valence-electron chi connectivity index (χ0n) is 12.3. The van der Waals surface area contributed by atoms with Crippen molar-refractivity contribution in [2.45, 2.75) is 20.5 Å². The Hall–Kier alpha value is -2.20. The summed E-state index contributed by atoms with van der Waals surface area (Å²) in [6.07, 6.45) is 0.898. The molecule has 0 bridgehead atoms. The second kappa shape index (κ2) is 6.99. The van der Waals surface area contributed by atoms with Crippen molar-refractivity contribution in [2.24, 2.45) is 5.41 Å². The molecule has 0 atom stereocenters. The molecule has 0 saturated carbocycles. The summed E-state index contributed by atoms with van der Waals surface area (Å²) in [5, 5.41) is 0. The molecule has 4 nitrogen and oxygen atoms in total. The molecule has 1 aromatic heterocycles. The van der Waals surface area contributed by atoms with Gasteiger partial charge in [-0.25, -0.2) is 4.98 Å². The molecule has 110 valence electrons. The molecule has 0 N–H and O–H groups in total. The molecule has 0 saturated heterocycles. The summed E-state index contributed by atoms with van der Waals surface area (Å²) in [6.45, 7) is 4.38. The van der Waals surface area contributed by atoms with Crippen LogP contribution in [0.5, 0.6) is 11.6 Å². The van der Waals surface area contributed by atoms with E-state index in [1.807, 2.05) is 56.3 Å². The van der Waals surface area contributed by atoms with Gasteiger partial charge in [0.1, 0.15) is 12.0 Å². The molecular weight excluding hydrogens is 266 g/mol. The Labute approximate surface area is 124 Å². The van der Waals surface area contributed by atoms with Crippen molar-refractivity contribution in [3.05, 3.63) is 54.2 Å². The second-order valence-electron chi connectivity index (χ2n) is 5.48. The van der Waals surface area contributed by atoms with E-state index in [0.29, 0.717) is 19.1 Å². The van der Waals surface area contributed by atoms with Gasteiger partial charge in [-0.05, 0) is 18.2 Å². The van der Waals surface area contributed by atoms with E-state index >= 15 is 0 Å². The van der Waals surface area contributed by atoms with Crippen LogP contribution in [-0.2, 0) is 16.1 Å². The van der Waals surface area contributed by atoms with Crippen molar-refractivity contribution in [2.75, 3.05) is 6.61 Å². The van der Waals surface area contributed by atoms with E-state index in [1.165, 1.54) is 0 Å². The number of benzene rings is 1. The largest absolute Gasteiger partial charge is 0.439 e. The van der Waals surface area contributed by atoms with Gasteiger partial charge >= 0.3 is 0 Å². The summed E-state index contributed by atoms with van der Waals surface area (Å²) in [5.74, 6) is 1.27. The molecule has 1 aromatic carbocycles. The number of hydrogen-bond donors (Lipinski definition) is 0. The van der Waals surface area contributed by atoms with Crippen LogP contribution >= 0.6 is 0 Å². The summed E-state index contributed by atoms with van der Waals surface area (Å²) in [4.78, 5) is 15.2. The first kappa shape index (κ1) is 15.2. The van der Waals surface area contributed by atoms with Gasteiger partial charge in [0.05, 0.1) is 18.9 Å². The zero-order chi connectivity index (χ0) is 15.1. The summed E-state index contributed by atoms with van der Waals surface area (Å²) in [7, 11) is 0. The topological polar surface area (TPSA) is 48.4 Å². The molecule has 21 heavy (non-hydrogen) atoms.